The fourth-order valence-electron chi connectivity index (χ4n) is 3.25. The first-order chi connectivity index (χ1) is 17.1. The molecular weight excluding hydrogens is 456 g/mol. The molecule has 0 amide bonds. The third-order valence-corrected chi connectivity index (χ3v) is 5.00. The number of benzene rings is 2. The van der Waals surface area contributed by atoms with Crippen molar-refractivity contribution in [3.63, 3.8) is 0 Å². The molecule has 1 aliphatic rings. The second-order valence-corrected chi connectivity index (χ2v) is 7.36. The molecule has 0 saturated carbocycles. The Hall–Kier alpha value is -3.40. The maximum Gasteiger partial charge on any atom is 0.338 e. The van der Waals surface area contributed by atoms with E-state index in [0.29, 0.717) is 69.9 Å². The normalized spacial score (nSPS) is 15.6. The van der Waals surface area contributed by atoms with Crippen molar-refractivity contribution in [2.75, 3.05) is 67.1 Å². The summed E-state index contributed by atoms with van der Waals surface area (Å²) < 4.78 is 37.7. The quantitative estimate of drug-likeness (QED) is 0.476. The molecule has 0 aliphatic carbocycles. The fraction of sp³-hybridized carbons (Fsp3) is 0.385. The van der Waals surface area contributed by atoms with Gasteiger partial charge < -0.3 is 33.2 Å². The summed E-state index contributed by atoms with van der Waals surface area (Å²) in [6.45, 7) is 3.59. The SMILES string of the molecule is COC(=O)c1ccc(/C=C/c2ccc3c(c2)OCCOCCOCCOCCO3)cc1C(=O)OC. The van der Waals surface area contributed by atoms with E-state index in [9.17, 15) is 9.59 Å². The molecule has 0 unspecified atom stereocenters. The number of fused-ring (bicyclic) bond motifs is 1. The molecule has 0 N–H and O–H groups in total. The standard InChI is InChI=1S/C26H30O9/c1-29-25(27)21-7-5-19(17-22(21)26(28)30-2)3-4-20-6-8-23-24(18-20)35-16-14-33-12-10-31-9-11-32-13-15-34-23/h3-8,17-18H,9-16H2,1-2H3/b4-3+. The lowest BCUT2D eigenvalue weighted by atomic mass is 10.0. The van der Waals surface area contributed by atoms with Gasteiger partial charge in [-0.3, -0.25) is 0 Å². The first kappa shape index (κ1) is 26.2. The summed E-state index contributed by atoms with van der Waals surface area (Å²) >= 11 is 0. The van der Waals surface area contributed by atoms with Gasteiger partial charge in [0.1, 0.15) is 13.2 Å². The van der Waals surface area contributed by atoms with Gasteiger partial charge in [-0.2, -0.15) is 0 Å². The number of carbonyl (C=O) groups is 2. The lowest BCUT2D eigenvalue weighted by Gasteiger charge is -2.13. The van der Waals surface area contributed by atoms with Gasteiger partial charge in [0.2, 0.25) is 0 Å². The second kappa shape index (κ2) is 14.1. The number of carbonyl (C=O) groups excluding carboxylic acids is 2. The summed E-state index contributed by atoms with van der Waals surface area (Å²) in [5.74, 6) is -0.0433. The lowest BCUT2D eigenvalue weighted by Crippen LogP contribution is -2.13. The molecule has 0 aromatic heterocycles. The molecular formula is C26H30O9. The van der Waals surface area contributed by atoms with Crippen LogP contribution in [-0.4, -0.2) is 79.0 Å². The Morgan fingerprint density at radius 2 is 1.11 bits per heavy atom. The number of esters is 2. The zero-order chi connectivity index (χ0) is 24.9. The summed E-state index contributed by atoms with van der Waals surface area (Å²) in [6, 6.07) is 10.4. The van der Waals surface area contributed by atoms with Crippen LogP contribution >= 0.6 is 0 Å². The summed E-state index contributed by atoms with van der Waals surface area (Å²) in [7, 11) is 2.52. The van der Waals surface area contributed by atoms with Crippen molar-refractivity contribution < 1.29 is 42.7 Å². The van der Waals surface area contributed by atoms with E-state index in [0.717, 1.165) is 5.56 Å². The van der Waals surface area contributed by atoms with E-state index >= 15 is 0 Å². The van der Waals surface area contributed by atoms with Crippen LogP contribution in [0.15, 0.2) is 36.4 Å². The molecule has 0 radical (unpaired) electrons. The highest BCUT2D eigenvalue weighted by Gasteiger charge is 2.18. The Bertz CT molecular complexity index is 1020. The van der Waals surface area contributed by atoms with Crippen molar-refractivity contribution >= 4 is 24.1 Å². The van der Waals surface area contributed by atoms with Gasteiger partial charge in [-0.1, -0.05) is 24.3 Å². The van der Waals surface area contributed by atoms with Crippen LogP contribution in [0, 0.1) is 0 Å². The molecule has 2 aromatic rings. The molecule has 188 valence electrons. The number of methoxy groups -OCH3 is 2. The number of ether oxygens (including phenoxy) is 7. The molecule has 35 heavy (non-hydrogen) atoms. The van der Waals surface area contributed by atoms with Crippen molar-refractivity contribution in [3.05, 3.63) is 58.7 Å². The molecule has 0 spiro atoms. The Balaban J connectivity index is 1.77. The highest BCUT2D eigenvalue weighted by atomic mass is 16.6. The molecule has 9 nitrogen and oxygen atoms in total. The second-order valence-electron chi connectivity index (χ2n) is 7.36. The number of hydrogen-bond donors (Lipinski definition) is 0. The molecule has 0 bridgehead atoms. The fourth-order valence-corrected chi connectivity index (χ4v) is 3.25. The van der Waals surface area contributed by atoms with Crippen molar-refractivity contribution in [3.8, 4) is 11.5 Å². The maximum atomic E-state index is 12.1. The molecule has 2 aromatic carbocycles. The topological polar surface area (TPSA) is 98.8 Å². The van der Waals surface area contributed by atoms with Crippen LogP contribution in [0.1, 0.15) is 31.8 Å². The third kappa shape index (κ3) is 8.10. The molecule has 9 heteroatoms. The molecule has 1 heterocycles. The van der Waals surface area contributed by atoms with Crippen molar-refractivity contribution in [2.24, 2.45) is 0 Å². The summed E-state index contributed by atoms with van der Waals surface area (Å²) in [5, 5.41) is 0. The Morgan fingerprint density at radius 1 is 0.629 bits per heavy atom. The average molecular weight is 487 g/mol. The Kier molecular flexibility index (Phi) is 10.6. The van der Waals surface area contributed by atoms with E-state index in [4.69, 9.17) is 33.2 Å². The van der Waals surface area contributed by atoms with Crippen LogP contribution in [0.25, 0.3) is 12.2 Å². The van der Waals surface area contributed by atoms with Crippen molar-refractivity contribution in [2.45, 2.75) is 0 Å². The third-order valence-electron chi connectivity index (χ3n) is 5.00. The zero-order valence-electron chi connectivity index (χ0n) is 19.9. The smallest absolute Gasteiger partial charge is 0.338 e. The van der Waals surface area contributed by atoms with Gasteiger partial charge >= 0.3 is 11.9 Å². The molecule has 0 atom stereocenters. The molecule has 0 fully saturated rings. The van der Waals surface area contributed by atoms with Gasteiger partial charge in [0.05, 0.1) is 65.0 Å². The highest BCUT2D eigenvalue weighted by Crippen LogP contribution is 2.29. The molecule has 3 rings (SSSR count). The van der Waals surface area contributed by atoms with E-state index in [-0.39, 0.29) is 11.1 Å². The van der Waals surface area contributed by atoms with Crippen molar-refractivity contribution in [1.82, 2.24) is 0 Å². The summed E-state index contributed by atoms with van der Waals surface area (Å²) in [5.41, 5.74) is 1.83. The number of hydrogen-bond acceptors (Lipinski definition) is 9. The van der Waals surface area contributed by atoms with Crippen LogP contribution in [0.5, 0.6) is 11.5 Å². The lowest BCUT2D eigenvalue weighted by molar-refractivity contribution is 0.00708. The van der Waals surface area contributed by atoms with Crippen LogP contribution in [0.2, 0.25) is 0 Å². The Morgan fingerprint density at radius 3 is 1.71 bits per heavy atom. The van der Waals surface area contributed by atoms with E-state index in [1.165, 1.54) is 20.3 Å². The van der Waals surface area contributed by atoms with Crippen LogP contribution < -0.4 is 9.47 Å². The number of rotatable bonds is 4. The van der Waals surface area contributed by atoms with E-state index in [1.807, 2.05) is 30.4 Å². The maximum absolute atomic E-state index is 12.1. The zero-order valence-corrected chi connectivity index (χ0v) is 19.9. The van der Waals surface area contributed by atoms with Gasteiger partial charge in [-0.05, 0) is 35.4 Å². The van der Waals surface area contributed by atoms with Gasteiger partial charge in [-0.25, -0.2) is 9.59 Å². The Labute approximate surface area is 204 Å². The molecule has 1 aliphatic heterocycles. The van der Waals surface area contributed by atoms with E-state index in [1.54, 1.807) is 12.1 Å². The van der Waals surface area contributed by atoms with E-state index in [2.05, 4.69) is 0 Å². The van der Waals surface area contributed by atoms with Gasteiger partial charge in [0.15, 0.2) is 11.5 Å². The minimum Gasteiger partial charge on any atom is -0.487 e. The van der Waals surface area contributed by atoms with E-state index < -0.39 is 11.9 Å². The summed E-state index contributed by atoms with van der Waals surface area (Å²) in [6.07, 6.45) is 3.68. The highest BCUT2D eigenvalue weighted by molar-refractivity contribution is 6.03. The minimum atomic E-state index is -0.619. The first-order valence-corrected chi connectivity index (χ1v) is 11.2. The van der Waals surface area contributed by atoms with Crippen molar-refractivity contribution in [1.29, 1.82) is 0 Å². The first-order valence-electron chi connectivity index (χ1n) is 11.2. The summed E-state index contributed by atoms with van der Waals surface area (Å²) in [4.78, 5) is 24.1. The average Bonchev–Trinajstić information content (AvgIpc) is 2.90. The predicted octanol–water partition coefficient (Wildman–Crippen LogP) is 3.25. The van der Waals surface area contributed by atoms with Crippen LogP contribution in [0.4, 0.5) is 0 Å². The minimum absolute atomic E-state index is 0.130. The van der Waals surface area contributed by atoms with Crippen LogP contribution in [-0.2, 0) is 23.7 Å². The monoisotopic (exact) mass is 486 g/mol. The van der Waals surface area contributed by atoms with Gasteiger partial charge in [0, 0.05) is 0 Å². The predicted molar refractivity (Wildman–Crippen MR) is 128 cm³/mol. The molecule has 0 saturated heterocycles. The van der Waals surface area contributed by atoms with Gasteiger partial charge in [-0.15, -0.1) is 0 Å². The largest absolute Gasteiger partial charge is 0.487 e. The van der Waals surface area contributed by atoms with Crippen LogP contribution in [0.3, 0.4) is 0 Å². The van der Waals surface area contributed by atoms with Gasteiger partial charge in [0.25, 0.3) is 0 Å².